The molecule has 2 fully saturated rings. The summed E-state index contributed by atoms with van der Waals surface area (Å²) < 4.78 is 119. The van der Waals surface area contributed by atoms with Crippen LogP contribution in [-0.4, -0.2) is 30.4 Å². The van der Waals surface area contributed by atoms with Crippen molar-refractivity contribution < 1.29 is 39.5 Å². The maximum Gasteiger partial charge on any atom is 0.459 e. The van der Waals surface area contributed by atoms with Crippen LogP contribution >= 0.6 is 0 Å². The van der Waals surface area contributed by atoms with Crippen LogP contribution in [0, 0.1) is 23.7 Å². The van der Waals surface area contributed by atoms with E-state index in [0.29, 0.717) is 18.8 Å². The van der Waals surface area contributed by atoms with Gasteiger partial charge in [0.05, 0.1) is 5.92 Å². The van der Waals surface area contributed by atoms with Crippen molar-refractivity contribution in [2.45, 2.75) is 75.8 Å². The van der Waals surface area contributed by atoms with Crippen LogP contribution in [0.2, 0.25) is 0 Å². The van der Waals surface area contributed by atoms with E-state index < -0.39 is 55.0 Å². The van der Waals surface area contributed by atoms with Gasteiger partial charge in [0.1, 0.15) is 12.3 Å². The van der Waals surface area contributed by atoms with Crippen LogP contribution < -0.4 is 0 Å². The molecule has 0 radical (unpaired) electrons. The Morgan fingerprint density at radius 2 is 1.12 bits per heavy atom. The molecule has 2 aliphatic carbocycles. The molecule has 0 nitrogen and oxygen atoms in total. The summed E-state index contributed by atoms with van der Waals surface area (Å²) in [6.07, 6.45) is -10.3. The van der Waals surface area contributed by atoms with Crippen molar-refractivity contribution in [3.63, 3.8) is 0 Å². The summed E-state index contributed by atoms with van der Waals surface area (Å²) >= 11 is 0. The van der Waals surface area contributed by atoms with E-state index in [1.54, 1.807) is 0 Å². The van der Waals surface area contributed by atoms with Gasteiger partial charge in [-0.3, -0.25) is 0 Å². The first-order valence-corrected chi connectivity index (χ1v) is 8.39. The zero-order chi connectivity index (χ0) is 19.2. The molecule has 0 aliphatic heterocycles. The fraction of sp³-hybridized carbons (Fsp3) is 1.00. The molecule has 2 atom stereocenters. The third-order valence-corrected chi connectivity index (χ3v) is 5.76. The van der Waals surface area contributed by atoms with Gasteiger partial charge in [0.25, 0.3) is 0 Å². The van der Waals surface area contributed by atoms with Crippen LogP contribution in [0.3, 0.4) is 0 Å². The second kappa shape index (κ2) is 6.83. The van der Waals surface area contributed by atoms with Crippen molar-refractivity contribution in [3.8, 4) is 0 Å². The molecule has 25 heavy (non-hydrogen) atoms. The zero-order valence-electron chi connectivity index (χ0n) is 13.6. The molecule has 2 unspecified atom stereocenters. The van der Waals surface area contributed by atoms with E-state index in [1.165, 1.54) is 0 Å². The Kier molecular flexibility index (Phi) is 5.65. The predicted octanol–water partition coefficient (Wildman–Crippen LogP) is 6.35. The van der Waals surface area contributed by atoms with Crippen LogP contribution in [0.5, 0.6) is 0 Å². The molecule has 2 aliphatic rings. The molecule has 0 heterocycles. The number of alkyl halides is 9. The van der Waals surface area contributed by atoms with Crippen molar-refractivity contribution in [3.05, 3.63) is 0 Å². The van der Waals surface area contributed by atoms with Crippen LogP contribution in [0.4, 0.5) is 39.5 Å². The molecule has 148 valence electrons. The van der Waals surface area contributed by atoms with E-state index in [0.717, 1.165) is 12.8 Å². The maximum atomic E-state index is 14.2. The van der Waals surface area contributed by atoms with E-state index in [-0.39, 0.29) is 5.92 Å². The normalized spacial score (nSPS) is 38.6. The molecule has 0 amide bonds. The minimum Gasteiger partial charge on any atom is -0.247 e. The van der Waals surface area contributed by atoms with Gasteiger partial charge in [-0.15, -0.1) is 0 Å². The first-order chi connectivity index (χ1) is 11.3. The van der Waals surface area contributed by atoms with Crippen molar-refractivity contribution in [2.24, 2.45) is 23.7 Å². The Hall–Kier alpha value is -0.630. The van der Waals surface area contributed by atoms with E-state index in [2.05, 4.69) is 0 Å². The Morgan fingerprint density at radius 1 is 0.680 bits per heavy atom. The smallest absolute Gasteiger partial charge is 0.247 e. The first kappa shape index (κ1) is 20.7. The SMILES string of the molecule is CC1CCC(C2CC(F)C(C(F)(F)C(F)(F)C(F)(F)F)C(F)C2)CC1. The largest absolute Gasteiger partial charge is 0.459 e. The highest BCUT2D eigenvalue weighted by atomic mass is 19.4. The lowest BCUT2D eigenvalue weighted by atomic mass is 9.66. The van der Waals surface area contributed by atoms with Crippen molar-refractivity contribution in [1.29, 1.82) is 0 Å². The molecule has 0 bridgehead atoms. The van der Waals surface area contributed by atoms with Crippen LogP contribution in [0.1, 0.15) is 45.4 Å². The van der Waals surface area contributed by atoms with Crippen LogP contribution in [-0.2, 0) is 0 Å². The van der Waals surface area contributed by atoms with E-state index in [1.807, 2.05) is 6.92 Å². The summed E-state index contributed by atoms with van der Waals surface area (Å²) in [5.74, 6) is -15.9. The van der Waals surface area contributed by atoms with Crippen LogP contribution in [0.15, 0.2) is 0 Å². The average Bonchev–Trinajstić information content (AvgIpc) is 2.45. The van der Waals surface area contributed by atoms with Gasteiger partial charge in [0.2, 0.25) is 0 Å². The minimum absolute atomic E-state index is 0.106. The number of hydrogen-bond donors (Lipinski definition) is 0. The summed E-state index contributed by atoms with van der Waals surface area (Å²) in [4.78, 5) is 0. The highest BCUT2D eigenvalue weighted by molar-refractivity contribution is 5.03. The lowest BCUT2D eigenvalue weighted by Gasteiger charge is -2.44. The molecule has 2 rings (SSSR count). The molecular formula is C16H21F9. The molecule has 0 N–H and O–H groups in total. The average molecular weight is 384 g/mol. The monoisotopic (exact) mass is 384 g/mol. The summed E-state index contributed by atoms with van der Waals surface area (Å²) in [5, 5.41) is 0. The third kappa shape index (κ3) is 3.75. The Labute approximate surface area is 140 Å². The molecule has 0 aromatic carbocycles. The molecular weight excluding hydrogens is 363 g/mol. The summed E-state index contributed by atoms with van der Waals surface area (Å²) in [7, 11) is 0. The topological polar surface area (TPSA) is 0 Å². The fourth-order valence-corrected chi connectivity index (χ4v) is 4.19. The van der Waals surface area contributed by atoms with Gasteiger partial charge in [-0.05, 0) is 43.4 Å². The van der Waals surface area contributed by atoms with Crippen LogP contribution in [0.25, 0.3) is 0 Å². The molecule has 0 saturated heterocycles. The van der Waals surface area contributed by atoms with Crippen molar-refractivity contribution in [2.75, 3.05) is 0 Å². The Morgan fingerprint density at radius 3 is 1.52 bits per heavy atom. The summed E-state index contributed by atoms with van der Waals surface area (Å²) in [6.45, 7) is 2.02. The Balaban J connectivity index is 2.14. The third-order valence-electron chi connectivity index (χ3n) is 5.76. The highest BCUT2D eigenvalue weighted by Crippen LogP contribution is 2.55. The highest BCUT2D eigenvalue weighted by Gasteiger charge is 2.77. The molecule has 0 aromatic heterocycles. The fourth-order valence-electron chi connectivity index (χ4n) is 4.19. The number of rotatable bonds is 3. The Bertz CT molecular complexity index is 439. The number of hydrogen-bond acceptors (Lipinski definition) is 0. The lowest BCUT2D eigenvalue weighted by Crippen LogP contribution is -2.61. The second-order valence-electron chi connectivity index (χ2n) is 7.50. The molecule has 0 spiro atoms. The summed E-state index contributed by atoms with van der Waals surface area (Å²) in [5.41, 5.74) is 0. The van der Waals surface area contributed by atoms with Crippen molar-refractivity contribution in [1.82, 2.24) is 0 Å². The van der Waals surface area contributed by atoms with E-state index in [9.17, 15) is 39.5 Å². The van der Waals surface area contributed by atoms with E-state index in [4.69, 9.17) is 0 Å². The van der Waals surface area contributed by atoms with Gasteiger partial charge in [-0.1, -0.05) is 19.8 Å². The molecule has 2 saturated carbocycles. The van der Waals surface area contributed by atoms with Gasteiger partial charge in [0.15, 0.2) is 0 Å². The first-order valence-electron chi connectivity index (χ1n) is 8.39. The zero-order valence-corrected chi connectivity index (χ0v) is 13.6. The summed E-state index contributed by atoms with van der Waals surface area (Å²) in [6, 6.07) is 0. The van der Waals surface area contributed by atoms with Gasteiger partial charge in [0, 0.05) is 0 Å². The quantitative estimate of drug-likeness (QED) is 0.498. The van der Waals surface area contributed by atoms with Gasteiger partial charge in [-0.2, -0.15) is 30.7 Å². The van der Waals surface area contributed by atoms with Gasteiger partial charge >= 0.3 is 18.0 Å². The minimum atomic E-state index is -6.58. The van der Waals surface area contributed by atoms with E-state index >= 15 is 0 Å². The lowest BCUT2D eigenvalue weighted by molar-refractivity contribution is -0.374. The predicted molar refractivity (Wildman–Crippen MR) is 73.1 cm³/mol. The van der Waals surface area contributed by atoms with Gasteiger partial charge in [-0.25, -0.2) is 8.78 Å². The molecule has 0 aromatic rings. The standard InChI is InChI=1S/C16H21F9/c1-8-2-4-9(5-3-8)10-6-11(17)13(12(18)7-10)14(19,20)15(21,22)16(23,24)25/h8-13H,2-7H2,1H3. The maximum absolute atomic E-state index is 14.2. The van der Waals surface area contributed by atoms with Gasteiger partial charge < -0.3 is 0 Å². The molecule has 9 heteroatoms. The number of halogens is 9. The van der Waals surface area contributed by atoms with Crippen molar-refractivity contribution >= 4 is 0 Å². The second-order valence-corrected chi connectivity index (χ2v) is 7.50.